The number of sulfone groups is 1. The summed E-state index contributed by atoms with van der Waals surface area (Å²) < 4.78 is 70.7. The number of piperidine rings is 1. The van der Waals surface area contributed by atoms with E-state index in [0.29, 0.717) is 75.8 Å². The van der Waals surface area contributed by atoms with Gasteiger partial charge in [0, 0.05) is 32.7 Å². The van der Waals surface area contributed by atoms with Crippen molar-refractivity contribution in [3.8, 4) is 11.6 Å². The first-order valence-corrected chi connectivity index (χ1v) is 17.4. The first kappa shape index (κ1) is 29.6. The molecule has 6 rings (SSSR count). The molecule has 1 aromatic carbocycles. The minimum atomic E-state index is -3.70. The zero-order chi connectivity index (χ0) is 29.5. The Morgan fingerprint density at radius 3 is 2.69 bits per heavy atom. The summed E-state index contributed by atoms with van der Waals surface area (Å²) >= 11 is 0. The Labute approximate surface area is 246 Å². The smallest absolute Gasteiger partial charge is 0.244 e. The van der Waals surface area contributed by atoms with Crippen molar-refractivity contribution < 1.29 is 36.2 Å². The molecule has 1 aromatic heterocycles. The van der Waals surface area contributed by atoms with Crippen LogP contribution in [0.4, 0.5) is 5.69 Å². The Kier molecular flexibility index (Phi) is 8.13. The van der Waals surface area contributed by atoms with Crippen LogP contribution < -0.4 is 19.7 Å². The van der Waals surface area contributed by atoms with Gasteiger partial charge in [-0.1, -0.05) is 6.07 Å². The predicted octanol–water partition coefficient (Wildman–Crippen LogP) is 1.19. The summed E-state index contributed by atoms with van der Waals surface area (Å²) in [5.74, 6) is 0.857. The topological polar surface area (TPSA) is 148 Å². The highest BCUT2D eigenvalue weighted by Crippen LogP contribution is 2.38. The van der Waals surface area contributed by atoms with E-state index in [1.54, 1.807) is 24.3 Å². The molecule has 1 aliphatic carbocycles. The Hall–Kier alpha value is -2.49. The molecular weight excluding hydrogens is 584 g/mol. The first-order chi connectivity index (χ1) is 20.1. The Balaban J connectivity index is 0.968. The van der Waals surface area contributed by atoms with Crippen LogP contribution in [0, 0.1) is 0 Å². The third kappa shape index (κ3) is 6.10. The molecule has 2 N–H and O–H groups in total. The molecular formula is C28H38N4O8S2. The van der Waals surface area contributed by atoms with Crippen molar-refractivity contribution in [3.05, 3.63) is 36.5 Å². The monoisotopic (exact) mass is 622 g/mol. The fourth-order valence-corrected chi connectivity index (χ4v) is 8.92. The van der Waals surface area contributed by atoms with Gasteiger partial charge in [-0.05, 0) is 56.4 Å². The molecule has 42 heavy (non-hydrogen) atoms. The van der Waals surface area contributed by atoms with E-state index in [1.165, 1.54) is 16.6 Å². The highest BCUT2D eigenvalue weighted by Gasteiger charge is 2.45. The van der Waals surface area contributed by atoms with Crippen LogP contribution in [0.25, 0.3) is 0 Å². The molecule has 4 heterocycles. The maximum atomic E-state index is 13.4. The van der Waals surface area contributed by atoms with Crippen LogP contribution in [0.15, 0.2) is 46.3 Å². The number of likely N-dealkylation sites (N-methyl/N-ethyl adjacent to an activating group) is 1. The Bertz CT molecular complexity index is 1510. The van der Waals surface area contributed by atoms with Crippen LogP contribution in [-0.4, -0.2) is 107 Å². The molecule has 2 aromatic rings. The van der Waals surface area contributed by atoms with Crippen molar-refractivity contribution in [2.45, 2.75) is 64.9 Å². The van der Waals surface area contributed by atoms with Gasteiger partial charge in [0.05, 0.1) is 35.1 Å². The highest BCUT2D eigenvalue weighted by atomic mass is 32.2. The Morgan fingerprint density at radius 1 is 1.14 bits per heavy atom. The van der Waals surface area contributed by atoms with Crippen molar-refractivity contribution in [2.75, 3.05) is 57.9 Å². The molecule has 230 valence electrons. The van der Waals surface area contributed by atoms with E-state index in [-0.39, 0.29) is 34.2 Å². The van der Waals surface area contributed by atoms with Crippen molar-refractivity contribution in [2.24, 2.45) is 0 Å². The molecule has 2 saturated heterocycles. The average molecular weight is 623 g/mol. The number of fused-ring (bicyclic) bond motifs is 1. The van der Waals surface area contributed by atoms with Crippen molar-refractivity contribution in [1.82, 2.24) is 14.6 Å². The number of hydrogen-bond donors (Lipinski definition) is 2. The van der Waals surface area contributed by atoms with Crippen molar-refractivity contribution >= 4 is 25.5 Å². The van der Waals surface area contributed by atoms with Crippen LogP contribution >= 0.6 is 0 Å². The lowest BCUT2D eigenvalue weighted by Gasteiger charge is -2.38. The van der Waals surface area contributed by atoms with E-state index >= 15 is 0 Å². The number of aliphatic hydroxyl groups is 1. The molecule has 2 atom stereocenters. The number of hydrogen-bond acceptors (Lipinski definition) is 11. The van der Waals surface area contributed by atoms with Gasteiger partial charge in [-0.3, -0.25) is 0 Å². The van der Waals surface area contributed by atoms with Gasteiger partial charge in [-0.2, -0.15) is 4.31 Å². The van der Waals surface area contributed by atoms with Crippen LogP contribution in [0.2, 0.25) is 0 Å². The number of benzene rings is 1. The normalized spacial score (nSPS) is 23.4. The van der Waals surface area contributed by atoms with E-state index in [1.807, 2.05) is 11.9 Å². The summed E-state index contributed by atoms with van der Waals surface area (Å²) in [6.45, 7) is 2.67. The minimum Gasteiger partial charge on any atom is -0.491 e. The fourth-order valence-electron chi connectivity index (χ4n) is 5.82. The molecule has 0 radical (unpaired) electrons. The van der Waals surface area contributed by atoms with Gasteiger partial charge >= 0.3 is 0 Å². The third-order valence-corrected chi connectivity index (χ3v) is 12.7. The van der Waals surface area contributed by atoms with Gasteiger partial charge in [0.15, 0.2) is 9.84 Å². The molecule has 0 bridgehead atoms. The van der Waals surface area contributed by atoms with Gasteiger partial charge < -0.3 is 29.5 Å². The van der Waals surface area contributed by atoms with E-state index in [0.717, 1.165) is 6.42 Å². The summed E-state index contributed by atoms with van der Waals surface area (Å²) in [6.07, 6.45) is 3.84. The molecule has 1 saturated carbocycles. The lowest BCUT2D eigenvalue weighted by atomic mass is 9.88. The van der Waals surface area contributed by atoms with E-state index in [4.69, 9.17) is 14.2 Å². The van der Waals surface area contributed by atoms with Gasteiger partial charge in [0.1, 0.15) is 35.7 Å². The molecule has 0 amide bonds. The number of nitrogens with one attached hydrogen (secondary N) is 1. The van der Waals surface area contributed by atoms with Gasteiger partial charge in [-0.15, -0.1) is 0 Å². The van der Waals surface area contributed by atoms with Crippen LogP contribution in [0.3, 0.4) is 0 Å². The van der Waals surface area contributed by atoms with Crippen molar-refractivity contribution in [3.63, 3.8) is 0 Å². The van der Waals surface area contributed by atoms with Crippen LogP contribution in [0.5, 0.6) is 11.6 Å². The van der Waals surface area contributed by atoms with Gasteiger partial charge in [-0.25, -0.2) is 21.8 Å². The molecule has 1 spiro atoms. The fraction of sp³-hybridized carbons (Fsp3) is 0.607. The summed E-state index contributed by atoms with van der Waals surface area (Å²) in [7, 11) is -5.12. The number of sulfonamides is 1. The second-order valence-corrected chi connectivity index (χ2v) is 15.8. The van der Waals surface area contributed by atoms with Gasteiger partial charge in [0.2, 0.25) is 15.9 Å². The molecule has 1 unspecified atom stereocenters. The SMILES string of the molecule is CN1CCOc2ncc(S(=O)(=O)N3CCC4(CC3)C[C@@H](NCC(O)COc3cccc(S(=O)(=O)C5CC5)c3)CO4)cc21. The van der Waals surface area contributed by atoms with Gasteiger partial charge in [0.25, 0.3) is 0 Å². The minimum absolute atomic E-state index is 0.0188. The average Bonchev–Trinajstić information content (AvgIpc) is 3.78. The van der Waals surface area contributed by atoms with Crippen LogP contribution in [0.1, 0.15) is 32.1 Å². The van der Waals surface area contributed by atoms with E-state index in [2.05, 4.69) is 10.3 Å². The number of anilines is 1. The molecule has 12 nitrogen and oxygen atoms in total. The Morgan fingerprint density at radius 2 is 1.93 bits per heavy atom. The number of ether oxygens (including phenoxy) is 3. The van der Waals surface area contributed by atoms with E-state index in [9.17, 15) is 21.9 Å². The van der Waals surface area contributed by atoms with E-state index < -0.39 is 31.6 Å². The number of rotatable bonds is 10. The highest BCUT2D eigenvalue weighted by molar-refractivity contribution is 7.92. The number of aliphatic hydroxyl groups excluding tert-OH is 1. The predicted molar refractivity (Wildman–Crippen MR) is 154 cm³/mol. The summed E-state index contributed by atoms with van der Waals surface area (Å²) in [6, 6.07) is 8.09. The summed E-state index contributed by atoms with van der Waals surface area (Å²) in [5, 5.41) is 13.5. The zero-order valence-electron chi connectivity index (χ0n) is 23.6. The molecule has 14 heteroatoms. The zero-order valence-corrected chi connectivity index (χ0v) is 25.3. The number of aromatic nitrogens is 1. The maximum Gasteiger partial charge on any atom is 0.244 e. The third-order valence-electron chi connectivity index (χ3n) is 8.55. The lowest BCUT2D eigenvalue weighted by Crippen LogP contribution is -2.47. The number of pyridine rings is 1. The summed E-state index contributed by atoms with van der Waals surface area (Å²) in [5.41, 5.74) is 0.271. The molecule has 4 aliphatic rings. The van der Waals surface area contributed by atoms with Crippen LogP contribution in [-0.2, 0) is 24.6 Å². The first-order valence-electron chi connectivity index (χ1n) is 14.4. The maximum absolute atomic E-state index is 13.4. The quantitative estimate of drug-likeness (QED) is 0.394. The molecule has 3 aliphatic heterocycles. The largest absolute Gasteiger partial charge is 0.491 e. The standard InChI is InChI=1S/C28H38N4O8S2/c1-31-11-12-38-27-26(31)14-25(17-30-27)42(36,37)32-9-7-28(8-10-32)15-20(18-40-28)29-16-21(33)19-39-22-3-2-4-24(13-22)41(34,35)23-5-6-23/h2-4,13-14,17,20-21,23,29,33H,5-12,15-16,18-19H2,1H3/t20-,21?/m1/s1. The van der Waals surface area contributed by atoms with Crippen molar-refractivity contribution in [1.29, 1.82) is 0 Å². The molecule has 3 fully saturated rings. The summed E-state index contributed by atoms with van der Waals surface area (Å²) in [4.78, 5) is 6.60. The second kappa shape index (κ2) is 11.5. The lowest BCUT2D eigenvalue weighted by molar-refractivity contribution is -0.0312. The number of nitrogens with zero attached hydrogens (tertiary/aromatic N) is 3. The second-order valence-electron chi connectivity index (χ2n) is 11.7.